The third-order valence-electron chi connectivity index (χ3n) is 6.10. The second-order valence-corrected chi connectivity index (χ2v) is 8.58. The molecular weight excluding hydrogens is 444 g/mol. The minimum Gasteiger partial charge on any atom is -0.336 e. The van der Waals surface area contributed by atoms with Gasteiger partial charge in [-0.25, -0.2) is 13.6 Å². The van der Waals surface area contributed by atoms with Gasteiger partial charge in [-0.15, -0.1) is 0 Å². The zero-order valence-corrected chi connectivity index (χ0v) is 18.6. The molecule has 2 saturated heterocycles. The van der Waals surface area contributed by atoms with Crippen LogP contribution in [0.2, 0.25) is 0 Å². The Bertz CT molecular complexity index is 1080. The fourth-order valence-corrected chi connectivity index (χ4v) is 4.39. The third-order valence-corrected chi connectivity index (χ3v) is 6.10. The van der Waals surface area contributed by atoms with Crippen molar-refractivity contribution < 1.29 is 23.2 Å². The van der Waals surface area contributed by atoms with Gasteiger partial charge in [0, 0.05) is 43.5 Å². The topological polar surface area (TPSA) is 108 Å². The van der Waals surface area contributed by atoms with E-state index in [0.29, 0.717) is 43.7 Å². The highest BCUT2D eigenvalue weighted by molar-refractivity contribution is 5.98. The summed E-state index contributed by atoms with van der Waals surface area (Å²) in [7, 11) is 0. The van der Waals surface area contributed by atoms with E-state index in [9.17, 15) is 23.2 Å². The number of hydrogen-bond donors (Lipinski definition) is 3. The van der Waals surface area contributed by atoms with Gasteiger partial charge in [-0.05, 0) is 61.2 Å². The highest BCUT2D eigenvalue weighted by Crippen LogP contribution is 2.23. The van der Waals surface area contributed by atoms with E-state index in [1.165, 1.54) is 11.0 Å². The number of urea groups is 1. The lowest BCUT2D eigenvalue weighted by Crippen LogP contribution is -2.45. The maximum absolute atomic E-state index is 13.4. The average molecular weight is 472 g/mol. The van der Waals surface area contributed by atoms with Crippen LogP contribution in [-0.4, -0.2) is 54.5 Å². The highest BCUT2D eigenvalue weighted by Gasteiger charge is 2.34. The molecule has 10 heteroatoms. The van der Waals surface area contributed by atoms with Crippen molar-refractivity contribution >= 4 is 29.2 Å². The first-order valence-corrected chi connectivity index (χ1v) is 11.3. The van der Waals surface area contributed by atoms with Crippen molar-refractivity contribution in [1.29, 1.82) is 0 Å². The number of hydrogen-bond acceptors (Lipinski definition) is 4. The second kappa shape index (κ2) is 10.2. The summed E-state index contributed by atoms with van der Waals surface area (Å²) in [6.07, 6.45) is 1.46. The minimum atomic E-state index is -0.955. The van der Waals surface area contributed by atoms with Crippen LogP contribution < -0.4 is 21.3 Å². The predicted molar refractivity (Wildman–Crippen MR) is 123 cm³/mol. The summed E-state index contributed by atoms with van der Waals surface area (Å²) in [5.74, 6) is -2.42. The van der Waals surface area contributed by atoms with Gasteiger partial charge < -0.3 is 21.3 Å². The zero-order chi connectivity index (χ0) is 24.2. The molecule has 4 N–H and O–H groups in total. The van der Waals surface area contributed by atoms with E-state index >= 15 is 0 Å². The van der Waals surface area contributed by atoms with E-state index in [-0.39, 0.29) is 30.7 Å². The summed E-state index contributed by atoms with van der Waals surface area (Å²) < 4.78 is 26.5. The lowest BCUT2D eigenvalue weighted by molar-refractivity contribution is -0.136. The fraction of sp³-hybridized carbons (Fsp3) is 0.375. The van der Waals surface area contributed by atoms with Crippen molar-refractivity contribution in [2.45, 2.75) is 37.8 Å². The van der Waals surface area contributed by atoms with Crippen molar-refractivity contribution in [3.05, 3.63) is 59.7 Å². The van der Waals surface area contributed by atoms with Gasteiger partial charge in [-0.1, -0.05) is 6.07 Å². The monoisotopic (exact) mass is 471 g/mol. The normalized spacial score (nSPS) is 18.7. The first-order valence-electron chi connectivity index (χ1n) is 11.3. The smallest absolute Gasteiger partial charge is 0.321 e. The second-order valence-electron chi connectivity index (χ2n) is 8.58. The van der Waals surface area contributed by atoms with E-state index < -0.39 is 23.7 Å². The number of carbonyl (C=O) groups is 3. The van der Waals surface area contributed by atoms with Gasteiger partial charge in [0.25, 0.3) is 0 Å². The number of carbonyl (C=O) groups excluding carboxylic acids is 3. The van der Waals surface area contributed by atoms with Gasteiger partial charge in [-0.2, -0.15) is 0 Å². The molecule has 0 saturated carbocycles. The van der Waals surface area contributed by atoms with Crippen LogP contribution in [-0.2, 0) is 16.0 Å². The van der Waals surface area contributed by atoms with E-state index in [4.69, 9.17) is 5.73 Å². The number of amides is 4. The molecule has 2 heterocycles. The maximum atomic E-state index is 13.4. The number of likely N-dealkylation sites (tertiary alicyclic amines) is 1. The van der Waals surface area contributed by atoms with Gasteiger partial charge in [0.2, 0.25) is 11.8 Å². The van der Waals surface area contributed by atoms with Crippen LogP contribution in [0.4, 0.5) is 25.0 Å². The third kappa shape index (κ3) is 5.33. The Morgan fingerprint density at radius 1 is 1.12 bits per heavy atom. The summed E-state index contributed by atoms with van der Waals surface area (Å²) >= 11 is 0. The summed E-state index contributed by atoms with van der Waals surface area (Å²) in [4.78, 5) is 40.7. The first kappa shape index (κ1) is 23.6. The van der Waals surface area contributed by atoms with Crippen LogP contribution in [0.5, 0.6) is 0 Å². The Kier molecular flexibility index (Phi) is 7.06. The minimum absolute atomic E-state index is 0.00459. The molecule has 2 fully saturated rings. The van der Waals surface area contributed by atoms with Crippen LogP contribution in [0.3, 0.4) is 0 Å². The summed E-state index contributed by atoms with van der Waals surface area (Å²) in [6, 6.07) is 9.17. The van der Waals surface area contributed by atoms with Crippen molar-refractivity contribution in [3.8, 4) is 0 Å². The number of nitrogens with two attached hydrogens (primary N) is 1. The van der Waals surface area contributed by atoms with E-state index in [1.807, 2.05) is 0 Å². The predicted octanol–water partition coefficient (Wildman–Crippen LogP) is 2.38. The summed E-state index contributed by atoms with van der Waals surface area (Å²) in [5.41, 5.74) is 7.90. The molecule has 2 aliphatic rings. The van der Waals surface area contributed by atoms with Crippen molar-refractivity contribution in [2.75, 3.05) is 29.9 Å². The number of benzene rings is 2. The molecule has 0 unspecified atom stereocenters. The fourth-order valence-electron chi connectivity index (χ4n) is 4.39. The average Bonchev–Trinajstić information content (AvgIpc) is 3.46. The molecule has 0 spiro atoms. The van der Waals surface area contributed by atoms with Crippen LogP contribution >= 0.6 is 0 Å². The quantitative estimate of drug-likeness (QED) is 0.576. The van der Waals surface area contributed by atoms with Crippen LogP contribution in [0.25, 0.3) is 0 Å². The van der Waals surface area contributed by atoms with Crippen LogP contribution in [0, 0.1) is 11.6 Å². The van der Waals surface area contributed by atoms with Crippen molar-refractivity contribution in [3.63, 3.8) is 0 Å². The molecule has 2 aromatic carbocycles. The molecule has 2 aromatic rings. The molecule has 8 nitrogen and oxygen atoms in total. The molecule has 0 aromatic heterocycles. The van der Waals surface area contributed by atoms with Crippen molar-refractivity contribution in [1.82, 2.24) is 10.2 Å². The molecule has 4 amide bonds. The molecular formula is C24H27F2N5O3. The SMILES string of the molecule is N[C@@H](CC(=O)N1CCC[C@H]1C(=O)Nc1ccc(N2CCNC2=O)cc1)Cc1ccc(F)c(F)c1. The van der Waals surface area contributed by atoms with Gasteiger partial charge in [0.1, 0.15) is 6.04 Å². The number of nitrogens with zero attached hydrogens (tertiary/aromatic N) is 2. The largest absolute Gasteiger partial charge is 0.336 e. The molecule has 0 bridgehead atoms. The molecule has 4 rings (SSSR count). The lowest BCUT2D eigenvalue weighted by Gasteiger charge is -2.25. The molecule has 180 valence electrons. The van der Waals surface area contributed by atoms with Gasteiger partial charge in [0.05, 0.1) is 0 Å². The number of anilines is 2. The molecule has 0 aliphatic carbocycles. The van der Waals surface area contributed by atoms with E-state index in [1.54, 1.807) is 29.2 Å². The number of nitrogens with one attached hydrogen (secondary N) is 2. The van der Waals surface area contributed by atoms with Crippen LogP contribution in [0.15, 0.2) is 42.5 Å². The Balaban J connectivity index is 1.32. The maximum Gasteiger partial charge on any atom is 0.321 e. The summed E-state index contributed by atoms with van der Waals surface area (Å²) in [5, 5.41) is 5.58. The Morgan fingerprint density at radius 2 is 1.88 bits per heavy atom. The Morgan fingerprint density at radius 3 is 2.56 bits per heavy atom. The lowest BCUT2D eigenvalue weighted by atomic mass is 10.0. The van der Waals surface area contributed by atoms with Crippen molar-refractivity contribution in [2.24, 2.45) is 5.73 Å². The van der Waals surface area contributed by atoms with Crippen LogP contribution in [0.1, 0.15) is 24.8 Å². The molecule has 2 atom stereocenters. The van der Waals surface area contributed by atoms with E-state index in [0.717, 1.165) is 17.8 Å². The molecule has 34 heavy (non-hydrogen) atoms. The van der Waals surface area contributed by atoms with E-state index in [2.05, 4.69) is 10.6 Å². The highest BCUT2D eigenvalue weighted by atomic mass is 19.2. The van der Waals surface area contributed by atoms with Gasteiger partial charge >= 0.3 is 6.03 Å². The number of halogens is 2. The zero-order valence-electron chi connectivity index (χ0n) is 18.6. The Labute approximate surface area is 196 Å². The first-order chi connectivity index (χ1) is 16.3. The molecule has 2 aliphatic heterocycles. The standard InChI is InChI=1S/C24H27F2N5O3/c25-19-8-3-15(13-20(19)26)12-16(27)14-22(32)31-10-1-2-21(31)23(33)29-17-4-6-18(7-5-17)30-11-9-28-24(30)34/h3-8,13,16,21H,1-2,9-12,14,27H2,(H,28,34)(H,29,33)/t16-,21+/m1/s1. The molecule has 0 radical (unpaired) electrons. The van der Waals surface area contributed by atoms with Gasteiger partial charge in [-0.3, -0.25) is 14.5 Å². The Hall–Kier alpha value is -3.53. The summed E-state index contributed by atoms with van der Waals surface area (Å²) in [6.45, 7) is 1.63. The van der Waals surface area contributed by atoms with Gasteiger partial charge in [0.15, 0.2) is 11.6 Å². The number of rotatable bonds is 7.